The van der Waals surface area contributed by atoms with Gasteiger partial charge in [0, 0.05) is 4.47 Å². The summed E-state index contributed by atoms with van der Waals surface area (Å²) in [6, 6.07) is 4.18. The molecule has 0 spiro atoms. The van der Waals surface area contributed by atoms with Gasteiger partial charge in [-0.05, 0) is 24.6 Å². The molecular weight excluding hydrogens is 320 g/mol. The van der Waals surface area contributed by atoms with Gasteiger partial charge < -0.3 is 5.11 Å². The Morgan fingerprint density at radius 1 is 1.33 bits per heavy atom. The molecule has 1 rings (SSSR count). The minimum atomic E-state index is -3.54. The van der Waals surface area contributed by atoms with E-state index in [9.17, 15) is 13.2 Å². The number of rotatable bonds is 6. The van der Waals surface area contributed by atoms with E-state index in [4.69, 9.17) is 5.11 Å². The largest absolute Gasteiger partial charge is 0.478 e. The average Bonchev–Trinajstić information content (AvgIpc) is 2.28. The fraction of sp³-hybridized carbons (Fsp3) is 0.417. The maximum Gasteiger partial charge on any atom is 0.337 e. The predicted octanol–water partition coefficient (Wildman–Crippen LogP) is 3.11. The zero-order valence-electron chi connectivity index (χ0n) is 10.0. The Bertz CT molecular complexity index is 537. The van der Waals surface area contributed by atoms with Gasteiger partial charge in [-0.3, -0.25) is 0 Å². The van der Waals surface area contributed by atoms with Crippen molar-refractivity contribution >= 4 is 31.7 Å². The van der Waals surface area contributed by atoms with Gasteiger partial charge in [-0.15, -0.1) is 0 Å². The second kappa shape index (κ2) is 6.33. The lowest BCUT2D eigenvalue weighted by atomic mass is 10.2. The van der Waals surface area contributed by atoms with E-state index in [0.717, 1.165) is 12.8 Å². The predicted molar refractivity (Wildman–Crippen MR) is 72.7 cm³/mol. The molecule has 1 N–H and O–H groups in total. The monoisotopic (exact) mass is 334 g/mol. The first-order valence-electron chi connectivity index (χ1n) is 5.64. The Morgan fingerprint density at radius 2 is 2.00 bits per heavy atom. The number of halogens is 1. The summed E-state index contributed by atoms with van der Waals surface area (Å²) in [5.41, 5.74) is -0.172. The van der Waals surface area contributed by atoms with Crippen LogP contribution in [0.1, 0.15) is 36.5 Å². The average molecular weight is 335 g/mol. The van der Waals surface area contributed by atoms with Crippen molar-refractivity contribution in [3.05, 3.63) is 28.2 Å². The number of aromatic carboxylic acids is 1. The molecule has 4 nitrogen and oxygen atoms in total. The van der Waals surface area contributed by atoms with Crippen LogP contribution in [0.2, 0.25) is 0 Å². The number of carbonyl (C=O) groups is 1. The molecule has 0 heterocycles. The highest BCUT2D eigenvalue weighted by Crippen LogP contribution is 2.23. The van der Waals surface area contributed by atoms with Crippen LogP contribution in [-0.2, 0) is 9.84 Å². The fourth-order valence-electron chi connectivity index (χ4n) is 1.58. The summed E-state index contributed by atoms with van der Waals surface area (Å²) in [5.74, 6) is -1.24. The number of carboxylic acid groups (broad SMARTS) is 1. The van der Waals surface area contributed by atoms with Crippen LogP contribution in [0.4, 0.5) is 0 Å². The Hall–Kier alpha value is -0.880. The summed E-state index contributed by atoms with van der Waals surface area (Å²) < 4.78 is 24.8. The van der Waals surface area contributed by atoms with Gasteiger partial charge >= 0.3 is 5.97 Å². The molecule has 0 aliphatic rings. The lowest BCUT2D eigenvalue weighted by Gasteiger charge is -2.08. The number of hydrogen-bond donors (Lipinski definition) is 1. The highest BCUT2D eigenvalue weighted by Gasteiger charge is 2.22. The first-order valence-corrected chi connectivity index (χ1v) is 8.08. The molecule has 0 radical (unpaired) electrons. The second-order valence-electron chi connectivity index (χ2n) is 3.97. The second-order valence-corrected chi connectivity index (χ2v) is 6.96. The van der Waals surface area contributed by atoms with Gasteiger partial charge in [0.25, 0.3) is 0 Å². The number of benzene rings is 1. The molecule has 0 fully saturated rings. The van der Waals surface area contributed by atoms with E-state index in [0.29, 0.717) is 10.9 Å². The van der Waals surface area contributed by atoms with E-state index in [2.05, 4.69) is 15.9 Å². The molecule has 0 saturated carbocycles. The zero-order valence-corrected chi connectivity index (χ0v) is 12.4. The molecule has 0 saturated heterocycles. The van der Waals surface area contributed by atoms with E-state index < -0.39 is 15.8 Å². The van der Waals surface area contributed by atoms with Gasteiger partial charge in [0.1, 0.15) is 0 Å². The van der Waals surface area contributed by atoms with Crippen molar-refractivity contribution in [1.82, 2.24) is 0 Å². The number of sulfone groups is 1. The van der Waals surface area contributed by atoms with Crippen LogP contribution in [0.25, 0.3) is 0 Å². The topological polar surface area (TPSA) is 71.4 Å². The lowest BCUT2D eigenvalue weighted by molar-refractivity contribution is 0.0692. The fourth-order valence-corrected chi connectivity index (χ4v) is 3.70. The van der Waals surface area contributed by atoms with Gasteiger partial charge in [0.2, 0.25) is 0 Å². The standard InChI is InChI=1S/C12H15BrO4S/c1-2-3-4-7-18(16,17)11-8-9(13)5-6-10(11)12(14)15/h5-6,8H,2-4,7H2,1H3,(H,14,15). The van der Waals surface area contributed by atoms with Crippen molar-refractivity contribution in [2.75, 3.05) is 5.75 Å². The van der Waals surface area contributed by atoms with Crippen LogP contribution in [-0.4, -0.2) is 25.2 Å². The number of hydrogen-bond acceptors (Lipinski definition) is 3. The van der Waals surface area contributed by atoms with E-state index in [1.54, 1.807) is 0 Å². The summed E-state index contributed by atoms with van der Waals surface area (Å²) in [7, 11) is -3.54. The Labute approximate surface area is 115 Å². The van der Waals surface area contributed by atoms with Crippen molar-refractivity contribution in [3.8, 4) is 0 Å². The highest BCUT2D eigenvalue weighted by atomic mass is 79.9. The van der Waals surface area contributed by atoms with Gasteiger partial charge in [0.15, 0.2) is 9.84 Å². The Balaban J connectivity index is 3.14. The molecule has 0 bridgehead atoms. The molecule has 18 heavy (non-hydrogen) atoms. The molecular formula is C12H15BrO4S. The summed E-state index contributed by atoms with van der Waals surface area (Å²) in [6.07, 6.45) is 2.28. The van der Waals surface area contributed by atoms with Crippen LogP contribution in [0.15, 0.2) is 27.6 Å². The third-order valence-corrected chi connectivity index (χ3v) is 4.85. The highest BCUT2D eigenvalue weighted by molar-refractivity contribution is 9.10. The molecule has 0 aromatic heterocycles. The smallest absolute Gasteiger partial charge is 0.337 e. The normalized spacial score (nSPS) is 11.4. The van der Waals surface area contributed by atoms with Gasteiger partial charge in [-0.1, -0.05) is 35.7 Å². The number of carboxylic acids is 1. The van der Waals surface area contributed by atoms with Crippen LogP contribution >= 0.6 is 15.9 Å². The van der Waals surface area contributed by atoms with E-state index in [-0.39, 0.29) is 16.2 Å². The van der Waals surface area contributed by atoms with Gasteiger partial charge in [-0.25, -0.2) is 13.2 Å². The third kappa shape index (κ3) is 3.81. The first-order chi connectivity index (χ1) is 8.38. The van der Waals surface area contributed by atoms with Crippen molar-refractivity contribution in [2.45, 2.75) is 31.1 Å². The van der Waals surface area contributed by atoms with Crippen molar-refractivity contribution in [2.24, 2.45) is 0 Å². The first kappa shape index (κ1) is 15.2. The third-order valence-electron chi connectivity index (χ3n) is 2.53. The maximum atomic E-state index is 12.1. The molecule has 1 aromatic rings. The molecule has 100 valence electrons. The molecule has 0 atom stereocenters. The molecule has 0 amide bonds. The summed E-state index contributed by atoms with van der Waals surface area (Å²) in [6.45, 7) is 1.98. The molecule has 6 heteroatoms. The van der Waals surface area contributed by atoms with E-state index in [1.807, 2.05) is 6.92 Å². The van der Waals surface area contributed by atoms with Crippen LogP contribution in [0.5, 0.6) is 0 Å². The van der Waals surface area contributed by atoms with Gasteiger partial charge in [0.05, 0.1) is 16.2 Å². The Kier molecular flexibility index (Phi) is 5.34. The van der Waals surface area contributed by atoms with Gasteiger partial charge in [-0.2, -0.15) is 0 Å². The molecule has 0 aliphatic heterocycles. The minimum absolute atomic E-state index is 0.0163. The molecule has 1 aromatic carbocycles. The summed E-state index contributed by atoms with van der Waals surface area (Å²) in [5, 5.41) is 9.01. The molecule has 0 unspecified atom stereocenters. The quantitative estimate of drug-likeness (QED) is 0.811. The zero-order chi connectivity index (χ0) is 13.8. The summed E-state index contributed by atoms with van der Waals surface area (Å²) in [4.78, 5) is 10.9. The van der Waals surface area contributed by atoms with Crippen LogP contribution in [0, 0.1) is 0 Å². The van der Waals surface area contributed by atoms with E-state index in [1.165, 1.54) is 18.2 Å². The van der Waals surface area contributed by atoms with E-state index >= 15 is 0 Å². The van der Waals surface area contributed by atoms with Crippen molar-refractivity contribution < 1.29 is 18.3 Å². The van der Waals surface area contributed by atoms with Crippen molar-refractivity contribution in [3.63, 3.8) is 0 Å². The van der Waals surface area contributed by atoms with Crippen molar-refractivity contribution in [1.29, 1.82) is 0 Å². The maximum absolute atomic E-state index is 12.1. The number of unbranched alkanes of at least 4 members (excludes halogenated alkanes) is 2. The van der Waals surface area contributed by atoms with Crippen LogP contribution < -0.4 is 0 Å². The SMILES string of the molecule is CCCCCS(=O)(=O)c1cc(Br)ccc1C(=O)O. The molecule has 0 aliphatic carbocycles. The van der Waals surface area contributed by atoms with Crippen LogP contribution in [0.3, 0.4) is 0 Å². The lowest BCUT2D eigenvalue weighted by Crippen LogP contribution is -2.12. The Morgan fingerprint density at radius 3 is 2.56 bits per heavy atom. The minimum Gasteiger partial charge on any atom is -0.478 e. The summed E-state index contributed by atoms with van der Waals surface area (Å²) >= 11 is 3.16.